The fourth-order valence-electron chi connectivity index (χ4n) is 3.30. The maximum Gasteiger partial charge on any atom is 0.00978 e. The molecule has 1 heteroatoms. The van der Waals surface area contributed by atoms with Crippen LogP contribution in [-0.4, -0.2) is 12.1 Å². The predicted molar refractivity (Wildman–Crippen MR) is 83.4 cm³/mol. The average Bonchev–Trinajstić information content (AvgIpc) is 2.69. The molecule has 0 bridgehead atoms. The minimum Gasteiger partial charge on any atom is -0.311 e. The lowest BCUT2D eigenvalue weighted by Gasteiger charge is -2.24. The van der Waals surface area contributed by atoms with Gasteiger partial charge in [0.1, 0.15) is 0 Å². The molecule has 1 aliphatic carbocycles. The van der Waals surface area contributed by atoms with Crippen molar-refractivity contribution in [2.24, 2.45) is 11.8 Å². The summed E-state index contributed by atoms with van der Waals surface area (Å²) in [5, 5.41) is 3.84. The van der Waals surface area contributed by atoms with E-state index < -0.39 is 0 Å². The number of hydrogen-bond donors (Lipinski definition) is 1. The lowest BCUT2D eigenvalue weighted by atomic mass is 9.96. The van der Waals surface area contributed by atoms with Crippen LogP contribution < -0.4 is 5.32 Å². The fourth-order valence-corrected chi connectivity index (χ4v) is 3.30. The van der Waals surface area contributed by atoms with Gasteiger partial charge >= 0.3 is 0 Å². The van der Waals surface area contributed by atoms with Crippen molar-refractivity contribution in [2.75, 3.05) is 0 Å². The molecule has 0 aromatic heterocycles. The second-order valence-electron chi connectivity index (χ2n) is 6.62. The smallest absolute Gasteiger partial charge is 0.00978 e. The van der Waals surface area contributed by atoms with Crippen LogP contribution in [-0.2, 0) is 6.42 Å². The van der Waals surface area contributed by atoms with Crippen LogP contribution in [0, 0.1) is 18.8 Å². The van der Waals surface area contributed by atoms with Crippen molar-refractivity contribution in [3.63, 3.8) is 0 Å². The zero-order chi connectivity index (χ0) is 13.8. The Hall–Kier alpha value is -0.820. The summed E-state index contributed by atoms with van der Waals surface area (Å²) in [6.07, 6.45) is 5.17. The minimum absolute atomic E-state index is 0.623. The zero-order valence-corrected chi connectivity index (χ0v) is 12.9. The van der Waals surface area contributed by atoms with Crippen LogP contribution in [0.2, 0.25) is 0 Å². The summed E-state index contributed by atoms with van der Waals surface area (Å²) in [4.78, 5) is 0. The molecular weight excluding hydrogens is 230 g/mol. The molecule has 19 heavy (non-hydrogen) atoms. The molecule has 1 N–H and O–H groups in total. The topological polar surface area (TPSA) is 12.0 Å². The number of rotatable bonds is 5. The molecule has 0 aliphatic heterocycles. The summed E-state index contributed by atoms with van der Waals surface area (Å²) < 4.78 is 0. The molecule has 0 saturated heterocycles. The highest BCUT2D eigenvalue weighted by Crippen LogP contribution is 2.31. The van der Waals surface area contributed by atoms with Gasteiger partial charge in [-0.1, -0.05) is 43.7 Å². The molecule has 4 atom stereocenters. The molecule has 2 rings (SSSR count). The number of benzene rings is 1. The highest BCUT2D eigenvalue weighted by molar-refractivity contribution is 5.22. The molecule has 1 aromatic rings. The summed E-state index contributed by atoms with van der Waals surface area (Å²) in [7, 11) is 0. The monoisotopic (exact) mass is 259 g/mol. The van der Waals surface area contributed by atoms with E-state index in [1.165, 1.54) is 36.8 Å². The van der Waals surface area contributed by atoms with E-state index >= 15 is 0 Å². The molecule has 0 radical (unpaired) electrons. The Bertz CT molecular complexity index is 398. The van der Waals surface area contributed by atoms with Crippen molar-refractivity contribution in [1.29, 1.82) is 0 Å². The first-order valence-electron chi connectivity index (χ1n) is 7.88. The number of aryl methyl sites for hydroxylation is 2. The Morgan fingerprint density at radius 3 is 2.68 bits per heavy atom. The SMILES string of the molecule is Cc1cccc(CCC(C)NC2CCC(C)C2C)c1. The Morgan fingerprint density at radius 2 is 2.05 bits per heavy atom. The van der Waals surface area contributed by atoms with Crippen molar-refractivity contribution in [3.05, 3.63) is 35.4 Å². The van der Waals surface area contributed by atoms with Gasteiger partial charge in [-0.15, -0.1) is 0 Å². The van der Waals surface area contributed by atoms with Crippen molar-refractivity contribution in [1.82, 2.24) is 5.32 Å². The van der Waals surface area contributed by atoms with Gasteiger partial charge in [0.05, 0.1) is 0 Å². The normalized spacial score (nSPS) is 28.5. The Balaban J connectivity index is 1.77. The quantitative estimate of drug-likeness (QED) is 0.829. The second-order valence-corrected chi connectivity index (χ2v) is 6.62. The van der Waals surface area contributed by atoms with Crippen LogP contribution in [0.1, 0.15) is 51.2 Å². The Morgan fingerprint density at radius 1 is 1.26 bits per heavy atom. The molecule has 0 heterocycles. The first kappa shape index (κ1) is 14.6. The summed E-state index contributed by atoms with van der Waals surface area (Å²) >= 11 is 0. The van der Waals surface area contributed by atoms with Crippen LogP contribution in [0.5, 0.6) is 0 Å². The molecule has 4 unspecified atom stereocenters. The first-order chi connectivity index (χ1) is 9.06. The summed E-state index contributed by atoms with van der Waals surface area (Å²) in [6.45, 7) is 9.31. The van der Waals surface area contributed by atoms with E-state index in [2.05, 4.69) is 57.3 Å². The van der Waals surface area contributed by atoms with E-state index in [-0.39, 0.29) is 0 Å². The summed E-state index contributed by atoms with van der Waals surface area (Å²) in [5.74, 6) is 1.72. The lowest BCUT2D eigenvalue weighted by Crippen LogP contribution is -2.39. The minimum atomic E-state index is 0.623. The Kier molecular flexibility index (Phi) is 5.04. The van der Waals surface area contributed by atoms with E-state index in [4.69, 9.17) is 0 Å². The van der Waals surface area contributed by atoms with E-state index in [1.54, 1.807) is 0 Å². The van der Waals surface area contributed by atoms with E-state index in [9.17, 15) is 0 Å². The molecule has 1 aromatic carbocycles. The Labute approximate surface area is 118 Å². The van der Waals surface area contributed by atoms with E-state index in [1.807, 2.05) is 0 Å². The molecule has 106 valence electrons. The van der Waals surface area contributed by atoms with Gasteiger partial charge in [-0.2, -0.15) is 0 Å². The molecule has 0 amide bonds. The number of hydrogen-bond acceptors (Lipinski definition) is 1. The largest absolute Gasteiger partial charge is 0.311 e. The maximum atomic E-state index is 3.84. The van der Waals surface area contributed by atoms with Crippen LogP contribution in [0.4, 0.5) is 0 Å². The van der Waals surface area contributed by atoms with Crippen molar-refractivity contribution in [2.45, 2.75) is 65.5 Å². The fraction of sp³-hybridized carbons (Fsp3) is 0.667. The molecule has 1 aliphatic rings. The predicted octanol–water partition coefficient (Wildman–Crippen LogP) is 4.34. The second kappa shape index (κ2) is 6.56. The highest BCUT2D eigenvalue weighted by atomic mass is 15.0. The third-order valence-corrected chi connectivity index (χ3v) is 4.91. The highest BCUT2D eigenvalue weighted by Gasteiger charge is 2.29. The van der Waals surface area contributed by atoms with Gasteiger partial charge in [-0.3, -0.25) is 0 Å². The standard InChI is InChI=1S/C18H29N/c1-13-6-5-7-17(12-13)10-9-15(3)19-18-11-8-14(2)16(18)4/h5-7,12,14-16,18-19H,8-11H2,1-4H3. The van der Waals surface area contributed by atoms with Crippen molar-refractivity contribution >= 4 is 0 Å². The molecule has 1 nitrogen and oxygen atoms in total. The van der Waals surface area contributed by atoms with Gasteiger partial charge in [-0.25, -0.2) is 0 Å². The molecule has 1 saturated carbocycles. The van der Waals surface area contributed by atoms with Crippen molar-refractivity contribution < 1.29 is 0 Å². The van der Waals surface area contributed by atoms with Gasteiger partial charge in [0.25, 0.3) is 0 Å². The van der Waals surface area contributed by atoms with Crippen LogP contribution in [0.3, 0.4) is 0 Å². The molecular formula is C18H29N. The van der Waals surface area contributed by atoms with Crippen LogP contribution in [0.25, 0.3) is 0 Å². The van der Waals surface area contributed by atoms with Gasteiger partial charge in [0.2, 0.25) is 0 Å². The maximum absolute atomic E-state index is 3.84. The zero-order valence-electron chi connectivity index (χ0n) is 12.9. The van der Waals surface area contributed by atoms with Gasteiger partial charge in [0, 0.05) is 12.1 Å². The average molecular weight is 259 g/mol. The van der Waals surface area contributed by atoms with Gasteiger partial charge in [0.15, 0.2) is 0 Å². The van der Waals surface area contributed by atoms with Crippen LogP contribution in [0.15, 0.2) is 24.3 Å². The third kappa shape index (κ3) is 4.07. The first-order valence-corrected chi connectivity index (χ1v) is 7.88. The lowest BCUT2D eigenvalue weighted by molar-refractivity contribution is 0.337. The molecule has 1 fully saturated rings. The number of nitrogens with one attached hydrogen (secondary N) is 1. The molecule has 0 spiro atoms. The summed E-state index contributed by atoms with van der Waals surface area (Å²) in [5.41, 5.74) is 2.85. The summed E-state index contributed by atoms with van der Waals surface area (Å²) in [6, 6.07) is 10.3. The van der Waals surface area contributed by atoms with E-state index in [0.717, 1.165) is 17.9 Å². The van der Waals surface area contributed by atoms with Gasteiger partial charge < -0.3 is 5.32 Å². The van der Waals surface area contributed by atoms with E-state index in [0.29, 0.717) is 6.04 Å². The van der Waals surface area contributed by atoms with Crippen LogP contribution >= 0.6 is 0 Å². The third-order valence-electron chi connectivity index (χ3n) is 4.91. The van der Waals surface area contributed by atoms with Crippen molar-refractivity contribution in [3.8, 4) is 0 Å². The van der Waals surface area contributed by atoms with Gasteiger partial charge in [-0.05, 0) is 56.9 Å².